The summed E-state index contributed by atoms with van der Waals surface area (Å²) in [5.41, 5.74) is 0.303. The van der Waals surface area contributed by atoms with Crippen LogP contribution in [-0.4, -0.2) is 35.1 Å². The summed E-state index contributed by atoms with van der Waals surface area (Å²) < 4.78 is 0. The van der Waals surface area contributed by atoms with Crippen molar-refractivity contribution in [3.8, 4) is 0 Å². The quantitative estimate of drug-likeness (QED) is 0.821. The summed E-state index contributed by atoms with van der Waals surface area (Å²) in [6, 6.07) is 2.06. The molecule has 1 spiro atoms. The lowest BCUT2D eigenvalue weighted by molar-refractivity contribution is 0.239. The molecular formula is C14H22N4. The first-order chi connectivity index (χ1) is 8.80. The van der Waals surface area contributed by atoms with Crippen LogP contribution in [0.15, 0.2) is 12.3 Å². The van der Waals surface area contributed by atoms with Crippen LogP contribution in [0.2, 0.25) is 0 Å². The fourth-order valence-electron chi connectivity index (χ4n) is 3.45. The van der Waals surface area contributed by atoms with E-state index in [1.54, 1.807) is 0 Å². The third-order valence-corrected chi connectivity index (χ3v) is 4.36. The summed E-state index contributed by atoms with van der Waals surface area (Å²) in [4.78, 5) is 11.4. The topological polar surface area (TPSA) is 41.1 Å². The van der Waals surface area contributed by atoms with Crippen molar-refractivity contribution in [2.75, 3.05) is 24.5 Å². The SMILES string of the molecule is Cc1nccc(N2CCNCC23CCCCC3)n1. The van der Waals surface area contributed by atoms with Gasteiger partial charge in [0.15, 0.2) is 0 Å². The van der Waals surface area contributed by atoms with Gasteiger partial charge in [0.2, 0.25) is 0 Å². The molecule has 0 radical (unpaired) electrons. The number of nitrogens with zero attached hydrogens (tertiary/aromatic N) is 3. The van der Waals surface area contributed by atoms with E-state index in [1.807, 2.05) is 13.1 Å². The molecule has 4 nitrogen and oxygen atoms in total. The molecule has 0 bridgehead atoms. The zero-order valence-corrected chi connectivity index (χ0v) is 11.2. The number of aryl methyl sites for hydroxylation is 1. The average molecular weight is 246 g/mol. The Morgan fingerprint density at radius 3 is 2.89 bits per heavy atom. The molecule has 18 heavy (non-hydrogen) atoms. The van der Waals surface area contributed by atoms with Crippen molar-refractivity contribution in [2.45, 2.75) is 44.6 Å². The third-order valence-electron chi connectivity index (χ3n) is 4.36. The molecule has 2 fully saturated rings. The zero-order chi connectivity index (χ0) is 12.4. The largest absolute Gasteiger partial charge is 0.348 e. The first kappa shape index (κ1) is 11.9. The van der Waals surface area contributed by atoms with Gasteiger partial charge in [-0.3, -0.25) is 0 Å². The van der Waals surface area contributed by atoms with Gasteiger partial charge < -0.3 is 10.2 Å². The van der Waals surface area contributed by atoms with Gasteiger partial charge >= 0.3 is 0 Å². The smallest absolute Gasteiger partial charge is 0.132 e. The monoisotopic (exact) mass is 246 g/mol. The van der Waals surface area contributed by atoms with Crippen molar-refractivity contribution in [2.24, 2.45) is 0 Å². The molecule has 2 aliphatic rings. The van der Waals surface area contributed by atoms with Crippen molar-refractivity contribution in [3.05, 3.63) is 18.1 Å². The van der Waals surface area contributed by atoms with E-state index >= 15 is 0 Å². The maximum Gasteiger partial charge on any atom is 0.132 e. The highest BCUT2D eigenvalue weighted by molar-refractivity contribution is 5.43. The van der Waals surface area contributed by atoms with E-state index in [0.717, 1.165) is 31.3 Å². The number of nitrogens with one attached hydrogen (secondary N) is 1. The van der Waals surface area contributed by atoms with Gasteiger partial charge in [0.1, 0.15) is 11.6 Å². The highest BCUT2D eigenvalue weighted by Crippen LogP contribution is 2.36. The fourth-order valence-corrected chi connectivity index (χ4v) is 3.45. The van der Waals surface area contributed by atoms with Crippen LogP contribution in [0.5, 0.6) is 0 Å². The van der Waals surface area contributed by atoms with E-state index in [4.69, 9.17) is 0 Å². The van der Waals surface area contributed by atoms with E-state index in [9.17, 15) is 0 Å². The van der Waals surface area contributed by atoms with Gasteiger partial charge in [0.25, 0.3) is 0 Å². The number of hydrogen-bond donors (Lipinski definition) is 1. The van der Waals surface area contributed by atoms with E-state index < -0.39 is 0 Å². The van der Waals surface area contributed by atoms with Gasteiger partial charge in [-0.1, -0.05) is 19.3 Å². The maximum absolute atomic E-state index is 4.63. The van der Waals surface area contributed by atoms with Crippen molar-refractivity contribution < 1.29 is 0 Å². The van der Waals surface area contributed by atoms with E-state index in [0.29, 0.717) is 5.54 Å². The van der Waals surface area contributed by atoms with E-state index in [1.165, 1.54) is 32.1 Å². The van der Waals surface area contributed by atoms with Crippen LogP contribution in [-0.2, 0) is 0 Å². The molecule has 1 aromatic heterocycles. The Balaban J connectivity index is 1.91. The summed E-state index contributed by atoms with van der Waals surface area (Å²) in [6.45, 7) is 5.20. The first-order valence-electron chi connectivity index (χ1n) is 7.08. The number of aromatic nitrogens is 2. The highest BCUT2D eigenvalue weighted by Gasteiger charge is 2.40. The minimum Gasteiger partial charge on any atom is -0.348 e. The predicted molar refractivity (Wildman–Crippen MR) is 72.8 cm³/mol. The lowest BCUT2D eigenvalue weighted by atomic mass is 9.79. The second kappa shape index (κ2) is 4.84. The van der Waals surface area contributed by atoms with Gasteiger partial charge in [0, 0.05) is 25.8 Å². The van der Waals surface area contributed by atoms with Gasteiger partial charge in [-0.25, -0.2) is 9.97 Å². The van der Waals surface area contributed by atoms with Crippen LogP contribution in [0, 0.1) is 6.92 Å². The van der Waals surface area contributed by atoms with Gasteiger partial charge in [0.05, 0.1) is 5.54 Å². The molecule has 98 valence electrons. The molecule has 1 aromatic rings. The summed E-state index contributed by atoms with van der Waals surface area (Å²) in [6.07, 6.45) is 8.56. The molecule has 1 aliphatic carbocycles. The number of rotatable bonds is 1. The number of anilines is 1. The van der Waals surface area contributed by atoms with Crippen LogP contribution >= 0.6 is 0 Å². The fraction of sp³-hybridized carbons (Fsp3) is 0.714. The van der Waals surface area contributed by atoms with Crippen LogP contribution in [0.25, 0.3) is 0 Å². The van der Waals surface area contributed by atoms with E-state index in [-0.39, 0.29) is 0 Å². The molecule has 0 amide bonds. The lowest BCUT2D eigenvalue weighted by Crippen LogP contribution is -2.62. The zero-order valence-electron chi connectivity index (χ0n) is 11.2. The summed E-state index contributed by atoms with van der Waals surface area (Å²) in [5.74, 6) is 1.99. The Morgan fingerprint density at radius 1 is 1.28 bits per heavy atom. The Hall–Kier alpha value is -1.16. The molecule has 2 heterocycles. The minimum atomic E-state index is 0.303. The van der Waals surface area contributed by atoms with Crippen LogP contribution in [0.3, 0.4) is 0 Å². The Labute approximate surface area is 109 Å². The number of hydrogen-bond acceptors (Lipinski definition) is 4. The normalized spacial score (nSPS) is 23.3. The highest BCUT2D eigenvalue weighted by atomic mass is 15.3. The molecular weight excluding hydrogens is 224 g/mol. The Bertz CT molecular complexity index is 404. The minimum absolute atomic E-state index is 0.303. The second-order valence-corrected chi connectivity index (χ2v) is 5.58. The van der Waals surface area contributed by atoms with Crippen molar-refractivity contribution >= 4 is 5.82 Å². The molecule has 1 saturated heterocycles. The predicted octanol–water partition coefficient (Wildman–Crippen LogP) is 1.90. The van der Waals surface area contributed by atoms with Gasteiger partial charge in [-0.15, -0.1) is 0 Å². The van der Waals surface area contributed by atoms with Crippen molar-refractivity contribution in [3.63, 3.8) is 0 Å². The lowest BCUT2D eigenvalue weighted by Gasteiger charge is -2.50. The standard InChI is InChI=1S/C14H22N4/c1-12-16-8-5-13(17-12)18-10-9-15-11-14(18)6-3-2-4-7-14/h5,8,15H,2-4,6-7,9-11H2,1H3. The van der Waals surface area contributed by atoms with Crippen LogP contribution in [0.1, 0.15) is 37.9 Å². The van der Waals surface area contributed by atoms with Gasteiger partial charge in [-0.05, 0) is 25.8 Å². The van der Waals surface area contributed by atoms with Crippen molar-refractivity contribution in [1.29, 1.82) is 0 Å². The third kappa shape index (κ3) is 2.09. The van der Waals surface area contributed by atoms with Gasteiger partial charge in [-0.2, -0.15) is 0 Å². The molecule has 4 heteroatoms. The Kier molecular flexibility index (Phi) is 3.20. The number of piperazine rings is 1. The van der Waals surface area contributed by atoms with E-state index in [2.05, 4.69) is 26.3 Å². The molecule has 1 aliphatic heterocycles. The Morgan fingerprint density at radius 2 is 2.11 bits per heavy atom. The molecule has 0 unspecified atom stereocenters. The average Bonchev–Trinajstić information content (AvgIpc) is 2.40. The summed E-state index contributed by atoms with van der Waals surface area (Å²) in [5, 5.41) is 3.57. The molecule has 0 atom stereocenters. The van der Waals surface area contributed by atoms with Crippen LogP contribution < -0.4 is 10.2 Å². The second-order valence-electron chi connectivity index (χ2n) is 5.58. The first-order valence-corrected chi connectivity index (χ1v) is 7.08. The molecule has 1 N–H and O–H groups in total. The molecule has 3 rings (SSSR count). The maximum atomic E-state index is 4.63. The molecule has 0 aromatic carbocycles. The van der Waals surface area contributed by atoms with Crippen molar-refractivity contribution in [1.82, 2.24) is 15.3 Å². The summed E-state index contributed by atoms with van der Waals surface area (Å²) >= 11 is 0. The summed E-state index contributed by atoms with van der Waals surface area (Å²) in [7, 11) is 0. The van der Waals surface area contributed by atoms with Crippen LogP contribution in [0.4, 0.5) is 5.82 Å². The molecule has 1 saturated carbocycles.